The minimum Gasteiger partial charge on any atom is -0.370 e. The Hall–Kier alpha value is -2.57. The van der Waals surface area contributed by atoms with Gasteiger partial charge in [0, 0.05) is 32.3 Å². The van der Waals surface area contributed by atoms with Crippen molar-refractivity contribution in [2.75, 3.05) is 19.6 Å². The number of carbonyl (C=O) groups excluding carboxylic acids is 1. The lowest BCUT2D eigenvalue weighted by atomic mass is 9.88. The van der Waals surface area contributed by atoms with Crippen LogP contribution in [0.2, 0.25) is 0 Å². The van der Waals surface area contributed by atoms with Crippen LogP contribution in [0.25, 0.3) is 6.08 Å². The molecule has 2 aliphatic rings. The SMILES string of the molecule is Cc1ccccc1CN1CCC2(CCC(CNC(=O)/C=C/c3ccc(F)c(F)c3)O2)CC1. The summed E-state index contributed by atoms with van der Waals surface area (Å²) in [6, 6.07) is 12.1. The zero-order valence-corrected chi connectivity index (χ0v) is 18.4. The molecule has 2 heterocycles. The second kappa shape index (κ2) is 9.92. The van der Waals surface area contributed by atoms with Crippen LogP contribution in [0.15, 0.2) is 48.5 Å². The highest BCUT2D eigenvalue weighted by molar-refractivity contribution is 5.91. The average molecular weight is 441 g/mol. The van der Waals surface area contributed by atoms with Crippen molar-refractivity contribution in [2.24, 2.45) is 0 Å². The number of nitrogens with one attached hydrogen (secondary N) is 1. The quantitative estimate of drug-likeness (QED) is 0.667. The van der Waals surface area contributed by atoms with E-state index in [4.69, 9.17) is 4.74 Å². The van der Waals surface area contributed by atoms with Gasteiger partial charge in [-0.1, -0.05) is 30.3 Å². The molecule has 170 valence electrons. The standard InChI is InChI=1S/C26H30F2N2O2/c1-19-4-2-3-5-21(19)18-30-14-12-26(13-15-30)11-10-22(32-26)17-29-25(31)9-7-20-6-8-23(27)24(28)16-20/h2-9,16,22H,10-15,17-18H2,1H3,(H,29,31)/b9-7+. The van der Waals surface area contributed by atoms with Crippen LogP contribution < -0.4 is 5.32 Å². The van der Waals surface area contributed by atoms with Crippen molar-refractivity contribution in [1.82, 2.24) is 10.2 Å². The molecule has 1 unspecified atom stereocenters. The Morgan fingerprint density at radius 3 is 2.69 bits per heavy atom. The zero-order chi connectivity index (χ0) is 22.6. The molecule has 1 spiro atoms. The van der Waals surface area contributed by atoms with E-state index in [1.54, 1.807) is 0 Å². The fraction of sp³-hybridized carbons (Fsp3) is 0.423. The first-order chi connectivity index (χ1) is 15.4. The number of nitrogens with zero attached hydrogens (tertiary/aromatic N) is 1. The van der Waals surface area contributed by atoms with Gasteiger partial charge < -0.3 is 10.1 Å². The number of carbonyl (C=O) groups is 1. The van der Waals surface area contributed by atoms with Gasteiger partial charge in [0.1, 0.15) is 0 Å². The Kier molecular flexibility index (Phi) is 7.01. The average Bonchev–Trinajstić information content (AvgIpc) is 3.19. The highest BCUT2D eigenvalue weighted by Crippen LogP contribution is 2.39. The maximum absolute atomic E-state index is 13.3. The van der Waals surface area contributed by atoms with Crippen LogP contribution in [-0.2, 0) is 16.1 Å². The van der Waals surface area contributed by atoms with Crippen molar-refractivity contribution < 1.29 is 18.3 Å². The Labute approximate surface area is 188 Å². The highest BCUT2D eigenvalue weighted by atomic mass is 19.2. The first-order valence-electron chi connectivity index (χ1n) is 11.3. The van der Waals surface area contributed by atoms with Crippen LogP contribution in [-0.4, -0.2) is 42.1 Å². The summed E-state index contributed by atoms with van der Waals surface area (Å²) in [5, 5.41) is 2.86. The van der Waals surface area contributed by atoms with Crippen molar-refractivity contribution in [3.8, 4) is 0 Å². The number of hydrogen-bond donors (Lipinski definition) is 1. The molecule has 4 rings (SSSR count). The molecule has 2 aromatic rings. The van der Waals surface area contributed by atoms with Crippen molar-refractivity contribution in [3.05, 3.63) is 76.9 Å². The van der Waals surface area contributed by atoms with Gasteiger partial charge in [0.25, 0.3) is 0 Å². The number of benzene rings is 2. The topological polar surface area (TPSA) is 41.6 Å². The number of rotatable bonds is 6. The summed E-state index contributed by atoms with van der Waals surface area (Å²) in [6.07, 6.45) is 6.80. The molecule has 0 saturated carbocycles. The van der Waals surface area contributed by atoms with Crippen LogP contribution in [0.3, 0.4) is 0 Å². The summed E-state index contributed by atoms with van der Waals surface area (Å²) < 4.78 is 32.6. The van der Waals surface area contributed by atoms with Gasteiger partial charge in [-0.05, 0) is 67.5 Å². The molecular formula is C26H30F2N2O2. The highest BCUT2D eigenvalue weighted by Gasteiger charge is 2.42. The number of amides is 1. The van der Waals surface area contributed by atoms with Gasteiger partial charge in [0.05, 0.1) is 11.7 Å². The minimum atomic E-state index is -0.929. The smallest absolute Gasteiger partial charge is 0.244 e. The van der Waals surface area contributed by atoms with Crippen LogP contribution in [0, 0.1) is 18.6 Å². The third-order valence-electron chi connectivity index (χ3n) is 6.64. The summed E-state index contributed by atoms with van der Waals surface area (Å²) in [5.74, 6) is -2.10. The van der Waals surface area contributed by atoms with Gasteiger partial charge in [-0.3, -0.25) is 9.69 Å². The summed E-state index contributed by atoms with van der Waals surface area (Å²) in [7, 11) is 0. The molecule has 2 fully saturated rings. The van der Waals surface area contributed by atoms with E-state index in [0.29, 0.717) is 12.1 Å². The second-order valence-electron chi connectivity index (χ2n) is 8.92. The molecule has 2 saturated heterocycles. The number of hydrogen-bond acceptors (Lipinski definition) is 3. The maximum Gasteiger partial charge on any atom is 0.244 e. The van der Waals surface area contributed by atoms with Crippen LogP contribution in [0.5, 0.6) is 0 Å². The molecule has 0 aliphatic carbocycles. The number of likely N-dealkylation sites (tertiary alicyclic amines) is 1. The van der Waals surface area contributed by atoms with Crippen LogP contribution >= 0.6 is 0 Å². The fourth-order valence-electron chi connectivity index (χ4n) is 4.62. The number of piperidine rings is 1. The van der Waals surface area contributed by atoms with Gasteiger partial charge in [-0.2, -0.15) is 0 Å². The number of halogens is 2. The van der Waals surface area contributed by atoms with Crippen LogP contribution in [0.1, 0.15) is 42.4 Å². The van der Waals surface area contributed by atoms with E-state index in [0.717, 1.165) is 57.5 Å². The first-order valence-corrected chi connectivity index (χ1v) is 11.3. The van der Waals surface area contributed by atoms with Gasteiger partial charge in [0.15, 0.2) is 11.6 Å². The lowest BCUT2D eigenvalue weighted by Gasteiger charge is -2.39. The molecule has 32 heavy (non-hydrogen) atoms. The van der Waals surface area contributed by atoms with E-state index in [9.17, 15) is 13.6 Å². The molecule has 0 radical (unpaired) electrons. The molecule has 6 heteroatoms. The number of ether oxygens (including phenoxy) is 1. The molecule has 0 bridgehead atoms. The zero-order valence-electron chi connectivity index (χ0n) is 18.4. The van der Waals surface area contributed by atoms with Crippen molar-refractivity contribution in [2.45, 2.75) is 50.9 Å². The first kappa shape index (κ1) is 22.6. The molecular weight excluding hydrogens is 410 g/mol. The third kappa shape index (κ3) is 5.61. The van der Waals surface area contributed by atoms with E-state index in [2.05, 4.69) is 41.4 Å². The molecule has 0 aromatic heterocycles. The molecule has 1 atom stereocenters. The van der Waals surface area contributed by atoms with E-state index >= 15 is 0 Å². The monoisotopic (exact) mass is 440 g/mol. The summed E-state index contributed by atoms with van der Waals surface area (Å²) in [4.78, 5) is 14.6. The largest absolute Gasteiger partial charge is 0.370 e. The Bertz CT molecular complexity index is 984. The lowest BCUT2D eigenvalue weighted by molar-refractivity contribution is -0.118. The number of aryl methyl sites for hydroxylation is 1. The van der Waals surface area contributed by atoms with Crippen molar-refractivity contribution in [1.29, 1.82) is 0 Å². The van der Waals surface area contributed by atoms with E-state index in [-0.39, 0.29) is 17.6 Å². The van der Waals surface area contributed by atoms with Crippen molar-refractivity contribution >= 4 is 12.0 Å². The normalized spacial score (nSPS) is 20.8. The molecule has 1 N–H and O–H groups in total. The van der Waals surface area contributed by atoms with Gasteiger partial charge in [-0.25, -0.2) is 8.78 Å². The van der Waals surface area contributed by atoms with Gasteiger partial charge in [-0.15, -0.1) is 0 Å². The molecule has 4 nitrogen and oxygen atoms in total. The maximum atomic E-state index is 13.3. The predicted octanol–water partition coefficient (Wildman–Crippen LogP) is 4.62. The van der Waals surface area contributed by atoms with E-state index < -0.39 is 11.6 Å². The molecule has 2 aromatic carbocycles. The minimum absolute atomic E-state index is 0.0125. The van der Waals surface area contributed by atoms with Gasteiger partial charge >= 0.3 is 0 Å². The second-order valence-corrected chi connectivity index (χ2v) is 8.92. The van der Waals surface area contributed by atoms with Crippen LogP contribution in [0.4, 0.5) is 8.78 Å². The summed E-state index contributed by atoms with van der Waals surface area (Å²) in [6.45, 7) is 5.63. The van der Waals surface area contributed by atoms with Crippen molar-refractivity contribution in [3.63, 3.8) is 0 Å². The molecule has 2 aliphatic heterocycles. The van der Waals surface area contributed by atoms with Gasteiger partial charge in [0.2, 0.25) is 5.91 Å². The fourth-order valence-corrected chi connectivity index (χ4v) is 4.62. The van der Waals surface area contributed by atoms with E-state index in [1.807, 2.05) is 0 Å². The molecule has 1 amide bonds. The Morgan fingerprint density at radius 2 is 1.94 bits per heavy atom. The predicted molar refractivity (Wildman–Crippen MR) is 121 cm³/mol. The lowest BCUT2D eigenvalue weighted by Crippen LogP contribution is -2.44. The van der Waals surface area contributed by atoms with E-state index in [1.165, 1.54) is 29.3 Å². The summed E-state index contributed by atoms with van der Waals surface area (Å²) in [5.41, 5.74) is 3.08. The Morgan fingerprint density at radius 1 is 1.16 bits per heavy atom. The third-order valence-corrected chi connectivity index (χ3v) is 6.64. The summed E-state index contributed by atoms with van der Waals surface area (Å²) >= 11 is 0. The Balaban J connectivity index is 1.21.